The van der Waals surface area contributed by atoms with E-state index in [1.54, 1.807) is 0 Å². The van der Waals surface area contributed by atoms with E-state index in [1.165, 1.54) is 58.4 Å². The van der Waals surface area contributed by atoms with Crippen LogP contribution in [0.2, 0.25) is 0 Å². The number of nitrogens with zero attached hydrogens (tertiary/aromatic N) is 2. The Kier molecular flexibility index (Phi) is 4.62. The van der Waals surface area contributed by atoms with E-state index in [-0.39, 0.29) is 0 Å². The maximum absolute atomic E-state index is 3.53. The van der Waals surface area contributed by atoms with Gasteiger partial charge in [-0.3, -0.25) is 4.90 Å². The van der Waals surface area contributed by atoms with Gasteiger partial charge in [0.2, 0.25) is 0 Å². The van der Waals surface area contributed by atoms with E-state index in [1.807, 2.05) is 0 Å². The smallest absolute Gasteiger partial charge is 0.0223 e. The molecule has 0 saturated carbocycles. The largest absolute Gasteiger partial charge is 0.316 e. The van der Waals surface area contributed by atoms with Crippen LogP contribution in [0.15, 0.2) is 0 Å². The third kappa shape index (κ3) is 3.44. The van der Waals surface area contributed by atoms with E-state index in [9.17, 15) is 0 Å². The predicted molar refractivity (Wildman–Crippen MR) is 68.7 cm³/mol. The number of piperidine rings is 1. The Labute approximate surface area is 100 Å². The van der Waals surface area contributed by atoms with Crippen molar-refractivity contribution in [2.45, 2.75) is 31.7 Å². The van der Waals surface area contributed by atoms with Gasteiger partial charge >= 0.3 is 0 Å². The second kappa shape index (κ2) is 5.99. The van der Waals surface area contributed by atoms with Gasteiger partial charge in [0.15, 0.2) is 0 Å². The van der Waals surface area contributed by atoms with Crippen molar-refractivity contribution >= 4 is 0 Å². The van der Waals surface area contributed by atoms with E-state index in [0.29, 0.717) is 0 Å². The molecule has 2 rings (SSSR count). The maximum Gasteiger partial charge on any atom is 0.0223 e. The van der Waals surface area contributed by atoms with E-state index in [2.05, 4.69) is 29.2 Å². The number of nitrogens with one attached hydrogen (secondary N) is 1. The predicted octanol–water partition coefficient (Wildman–Crippen LogP) is 1.01. The molecule has 0 aromatic rings. The molecule has 2 aliphatic heterocycles. The lowest BCUT2D eigenvalue weighted by molar-refractivity contribution is 0.168. The molecule has 0 spiro atoms. The van der Waals surface area contributed by atoms with Gasteiger partial charge in [-0.25, -0.2) is 0 Å². The maximum atomic E-state index is 3.53. The van der Waals surface area contributed by atoms with Crippen molar-refractivity contribution in [2.24, 2.45) is 5.92 Å². The van der Waals surface area contributed by atoms with Crippen molar-refractivity contribution in [3.63, 3.8) is 0 Å². The molecule has 0 radical (unpaired) electrons. The zero-order valence-electron chi connectivity index (χ0n) is 10.9. The normalized spacial score (nSPS) is 32.4. The Morgan fingerprint density at radius 3 is 2.81 bits per heavy atom. The van der Waals surface area contributed by atoms with Crippen LogP contribution in [0, 0.1) is 5.92 Å². The quantitative estimate of drug-likeness (QED) is 0.770. The summed E-state index contributed by atoms with van der Waals surface area (Å²) < 4.78 is 0. The molecule has 94 valence electrons. The second-order valence-electron chi connectivity index (χ2n) is 5.77. The van der Waals surface area contributed by atoms with Gasteiger partial charge < -0.3 is 10.2 Å². The molecule has 2 unspecified atom stereocenters. The summed E-state index contributed by atoms with van der Waals surface area (Å²) in [6.07, 6.45) is 5.60. The standard InChI is InChI=1S/C13H27N3/c1-15(2)11-13-6-4-8-16(13)10-12-5-3-7-14-9-12/h12-14H,3-11H2,1-2H3. The fourth-order valence-electron chi connectivity index (χ4n) is 3.18. The van der Waals surface area contributed by atoms with Gasteiger partial charge in [-0.15, -0.1) is 0 Å². The van der Waals surface area contributed by atoms with Gasteiger partial charge in [0.1, 0.15) is 0 Å². The molecular weight excluding hydrogens is 198 g/mol. The summed E-state index contributed by atoms with van der Waals surface area (Å²) in [4.78, 5) is 5.07. The fourth-order valence-corrected chi connectivity index (χ4v) is 3.18. The van der Waals surface area contributed by atoms with Gasteiger partial charge in [-0.05, 0) is 65.3 Å². The third-order valence-corrected chi connectivity index (χ3v) is 3.97. The summed E-state index contributed by atoms with van der Waals surface area (Å²) in [5.41, 5.74) is 0. The fraction of sp³-hybridized carbons (Fsp3) is 1.00. The van der Waals surface area contributed by atoms with Crippen molar-refractivity contribution < 1.29 is 0 Å². The summed E-state index contributed by atoms with van der Waals surface area (Å²) in [6, 6.07) is 0.817. The van der Waals surface area contributed by atoms with E-state index >= 15 is 0 Å². The lowest BCUT2D eigenvalue weighted by Crippen LogP contribution is -2.43. The summed E-state index contributed by atoms with van der Waals surface area (Å²) >= 11 is 0. The first-order valence-corrected chi connectivity index (χ1v) is 6.85. The number of likely N-dealkylation sites (N-methyl/N-ethyl adjacent to an activating group) is 1. The zero-order valence-corrected chi connectivity index (χ0v) is 10.9. The topological polar surface area (TPSA) is 18.5 Å². The Morgan fingerprint density at radius 2 is 2.12 bits per heavy atom. The van der Waals surface area contributed by atoms with Crippen LogP contribution in [0.25, 0.3) is 0 Å². The van der Waals surface area contributed by atoms with E-state index < -0.39 is 0 Å². The highest BCUT2D eigenvalue weighted by Gasteiger charge is 2.27. The first kappa shape index (κ1) is 12.3. The molecule has 2 aliphatic rings. The monoisotopic (exact) mass is 225 g/mol. The van der Waals surface area contributed by atoms with Crippen LogP contribution in [0.5, 0.6) is 0 Å². The molecule has 2 fully saturated rings. The molecule has 0 aromatic carbocycles. The molecule has 2 saturated heterocycles. The second-order valence-corrected chi connectivity index (χ2v) is 5.77. The molecule has 0 amide bonds. The molecule has 3 heteroatoms. The highest BCUT2D eigenvalue weighted by atomic mass is 15.2. The van der Waals surface area contributed by atoms with Crippen molar-refractivity contribution in [3.8, 4) is 0 Å². The highest BCUT2D eigenvalue weighted by Crippen LogP contribution is 2.21. The van der Waals surface area contributed by atoms with Crippen LogP contribution >= 0.6 is 0 Å². The van der Waals surface area contributed by atoms with Gasteiger partial charge in [0, 0.05) is 19.1 Å². The minimum Gasteiger partial charge on any atom is -0.316 e. The lowest BCUT2D eigenvalue weighted by atomic mass is 9.99. The molecule has 0 aliphatic carbocycles. The summed E-state index contributed by atoms with van der Waals surface area (Å²) in [5.74, 6) is 0.900. The van der Waals surface area contributed by atoms with Gasteiger partial charge in [-0.2, -0.15) is 0 Å². The molecule has 1 N–H and O–H groups in total. The molecule has 0 aromatic heterocycles. The molecule has 2 atom stereocenters. The lowest BCUT2D eigenvalue weighted by Gasteiger charge is -2.32. The highest BCUT2D eigenvalue weighted by molar-refractivity contribution is 4.83. The van der Waals surface area contributed by atoms with Crippen LogP contribution in [-0.2, 0) is 0 Å². The number of rotatable bonds is 4. The molecule has 3 nitrogen and oxygen atoms in total. The first-order valence-electron chi connectivity index (χ1n) is 6.85. The summed E-state index contributed by atoms with van der Waals surface area (Å²) in [5, 5.41) is 3.53. The van der Waals surface area contributed by atoms with Crippen LogP contribution < -0.4 is 5.32 Å². The average Bonchev–Trinajstić information content (AvgIpc) is 2.66. The Morgan fingerprint density at radius 1 is 1.25 bits per heavy atom. The minimum atomic E-state index is 0.817. The minimum absolute atomic E-state index is 0.817. The molecular formula is C13H27N3. The number of hydrogen-bond acceptors (Lipinski definition) is 3. The summed E-state index contributed by atoms with van der Waals surface area (Å²) in [7, 11) is 4.39. The van der Waals surface area contributed by atoms with E-state index in [0.717, 1.165) is 12.0 Å². The van der Waals surface area contributed by atoms with E-state index in [4.69, 9.17) is 0 Å². The van der Waals surface area contributed by atoms with Gasteiger partial charge in [0.05, 0.1) is 0 Å². The molecule has 2 heterocycles. The Hall–Kier alpha value is -0.120. The van der Waals surface area contributed by atoms with Crippen molar-refractivity contribution in [2.75, 3.05) is 46.8 Å². The van der Waals surface area contributed by atoms with Crippen LogP contribution in [0.4, 0.5) is 0 Å². The van der Waals surface area contributed by atoms with Crippen molar-refractivity contribution in [3.05, 3.63) is 0 Å². The summed E-state index contributed by atoms with van der Waals surface area (Å²) in [6.45, 7) is 6.36. The van der Waals surface area contributed by atoms with Crippen LogP contribution in [-0.4, -0.2) is 62.7 Å². The SMILES string of the molecule is CN(C)CC1CCCN1CC1CCCNC1. The van der Waals surface area contributed by atoms with Crippen LogP contribution in [0.1, 0.15) is 25.7 Å². The van der Waals surface area contributed by atoms with Gasteiger partial charge in [0.25, 0.3) is 0 Å². The zero-order chi connectivity index (χ0) is 11.4. The molecule has 16 heavy (non-hydrogen) atoms. The Bertz CT molecular complexity index is 199. The van der Waals surface area contributed by atoms with Crippen molar-refractivity contribution in [1.29, 1.82) is 0 Å². The van der Waals surface area contributed by atoms with Gasteiger partial charge in [-0.1, -0.05) is 0 Å². The Balaban J connectivity index is 1.78. The number of likely N-dealkylation sites (tertiary alicyclic amines) is 1. The third-order valence-electron chi connectivity index (χ3n) is 3.97. The average molecular weight is 225 g/mol. The first-order chi connectivity index (χ1) is 7.75. The van der Waals surface area contributed by atoms with Crippen molar-refractivity contribution in [1.82, 2.24) is 15.1 Å². The number of hydrogen-bond donors (Lipinski definition) is 1. The van der Waals surface area contributed by atoms with Crippen LogP contribution in [0.3, 0.4) is 0 Å². The molecule has 0 bridgehead atoms.